The van der Waals surface area contributed by atoms with Gasteiger partial charge in [0.2, 0.25) is 11.7 Å². The molecule has 0 unspecified atom stereocenters. The number of benzene rings is 1. The van der Waals surface area contributed by atoms with E-state index in [2.05, 4.69) is 10.1 Å². The maximum Gasteiger partial charge on any atom is 0.241 e. The van der Waals surface area contributed by atoms with Crippen molar-refractivity contribution < 1.29 is 18.7 Å². The van der Waals surface area contributed by atoms with Crippen LogP contribution in [0.15, 0.2) is 22.7 Å². The summed E-state index contributed by atoms with van der Waals surface area (Å²) >= 11 is 0. The predicted octanol–water partition coefficient (Wildman–Crippen LogP) is 1.83. The first-order chi connectivity index (χ1) is 10.7. The fourth-order valence-corrected chi connectivity index (χ4v) is 1.97. The van der Waals surface area contributed by atoms with E-state index in [4.69, 9.17) is 18.7 Å². The Morgan fingerprint density at radius 3 is 2.68 bits per heavy atom. The van der Waals surface area contributed by atoms with Crippen LogP contribution in [0.1, 0.15) is 5.89 Å². The fraction of sp³-hybridized carbons (Fsp3) is 0.467. The van der Waals surface area contributed by atoms with E-state index in [0.29, 0.717) is 36.4 Å². The maximum absolute atomic E-state index is 5.36. The molecule has 0 N–H and O–H groups in total. The monoisotopic (exact) mass is 307 g/mol. The second-order valence-corrected chi connectivity index (χ2v) is 4.81. The largest absolute Gasteiger partial charge is 0.497 e. The molecular formula is C15H21N3O4. The van der Waals surface area contributed by atoms with Gasteiger partial charge < -0.3 is 18.7 Å². The van der Waals surface area contributed by atoms with Crippen LogP contribution in [0, 0.1) is 0 Å². The van der Waals surface area contributed by atoms with Gasteiger partial charge in [0.1, 0.15) is 11.5 Å². The van der Waals surface area contributed by atoms with Crippen LogP contribution in [0.3, 0.4) is 0 Å². The van der Waals surface area contributed by atoms with Crippen molar-refractivity contribution in [3.63, 3.8) is 0 Å². The van der Waals surface area contributed by atoms with Crippen molar-refractivity contribution in [3.8, 4) is 22.9 Å². The summed E-state index contributed by atoms with van der Waals surface area (Å²) in [7, 11) is 6.85. The van der Waals surface area contributed by atoms with Gasteiger partial charge in [-0.25, -0.2) is 0 Å². The van der Waals surface area contributed by atoms with E-state index in [9.17, 15) is 0 Å². The zero-order valence-electron chi connectivity index (χ0n) is 13.3. The van der Waals surface area contributed by atoms with Crippen LogP contribution in [0.2, 0.25) is 0 Å². The third kappa shape index (κ3) is 3.96. The molecule has 0 atom stereocenters. The highest BCUT2D eigenvalue weighted by molar-refractivity contribution is 5.65. The Bertz CT molecular complexity index is 600. The Morgan fingerprint density at radius 1 is 1.18 bits per heavy atom. The lowest BCUT2D eigenvalue weighted by atomic mass is 10.2. The van der Waals surface area contributed by atoms with Crippen LogP contribution < -0.4 is 9.47 Å². The number of aromatic nitrogens is 2. The summed E-state index contributed by atoms with van der Waals surface area (Å²) in [6.45, 7) is 2.01. The average molecular weight is 307 g/mol. The number of ether oxygens (including phenoxy) is 3. The summed E-state index contributed by atoms with van der Waals surface area (Å²) in [5.74, 6) is 2.39. The lowest BCUT2D eigenvalue weighted by Gasteiger charge is -2.12. The highest BCUT2D eigenvalue weighted by Crippen LogP contribution is 2.31. The summed E-state index contributed by atoms with van der Waals surface area (Å²) in [5, 5.41) is 4.02. The molecule has 1 aromatic heterocycles. The van der Waals surface area contributed by atoms with Gasteiger partial charge in [-0.05, 0) is 19.2 Å². The molecular weight excluding hydrogens is 286 g/mol. The van der Waals surface area contributed by atoms with Gasteiger partial charge in [-0.15, -0.1) is 0 Å². The molecule has 120 valence electrons. The van der Waals surface area contributed by atoms with E-state index >= 15 is 0 Å². The standard InChI is InChI=1S/C15H21N3O4/c1-18(7-8-19-2)10-14-16-15(17-22-14)12-6-5-11(20-3)9-13(12)21-4/h5-6,9H,7-8,10H2,1-4H3. The SMILES string of the molecule is COCCN(C)Cc1nc(-c2ccc(OC)cc2OC)no1. The highest BCUT2D eigenvalue weighted by atomic mass is 16.5. The Morgan fingerprint density at radius 2 is 2.00 bits per heavy atom. The molecule has 0 aliphatic rings. The normalized spacial score (nSPS) is 11.0. The van der Waals surface area contributed by atoms with Gasteiger partial charge in [0.15, 0.2) is 0 Å². The molecule has 1 heterocycles. The summed E-state index contributed by atoms with van der Waals surface area (Å²) in [6.07, 6.45) is 0. The summed E-state index contributed by atoms with van der Waals surface area (Å²) in [4.78, 5) is 6.46. The van der Waals surface area contributed by atoms with E-state index in [1.54, 1.807) is 27.4 Å². The van der Waals surface area contributed by atoms with Crippen LogP contribution in [0.4, 0.5) is 0 Å². The molecule has 0 saturated heterocycles. The molecule has 7 nitrogen and oxygen atoms in total. The minimum atomic E-state index is 0.495. The Labute approximate surface area is 129 Å². The van der Waals surface area contributed by atoms with Gasteiger partial charge in [0.25, 0.3) is 0 Å². The Kier molecular flexibility index (Phi) is 5.74. The van der Waals surface area contributed by atoms with Crippen molar-refractivity contribution in [2.75, 3.05) is 41.5 Å². The number of hydrogen-bond acceptors (Lipinski definition) is 7. The van der Waals surface area contributed by atoms with Crippen molar-refractivity contribution in [2.24, 2.45) is 0 Å². The van der Waals surface area contributed by atoms with Crippen molar-refractivity contribution in [1.29, 1.82) is 0 Å². The number of nitrogens with zero attached hydrogens (tertiary/aromatic N) is 3. The molecule has 0 fully saturated rings. The first kappa shape index (κ1) is 16.3. The van der Waals surface area contributed by atoms with Crippen LogP contribution >= 0.6 is 0 Å². The second kappa shape index (κ2) is 7.77. The van der Waals surface area contributed by atoms with E-state index in [0.717, 1.165) is 12.1 Å². The number of rotatable bonds is 8. The molecule has 0 radical (unpaired) electrons. The number of likely N-dealkylation sites (N-methyl/N-ethyl adjacent to an activating group) is 1. The Hall–Kier alpha value is -2.12. The van der Waals surface area contributed by atoms with Crippen molar-refractivity contribution in [3.05, 3.63) is 24.1 Å². The Balaban J connectivity index is 2.14. The molecule has 2 rings (SSSR count). The van der Waals surface area contributed by atoms with Gasteiger partial charge in [-0.3, -0.25) is 4.90 Å². The molecule has 0 bridgehead atoms. The van der Waals surface area contributed by atoms with Crippen LogP contribution in [-0.2, 0) is 11.3 Å². The van der Waals surface area contributed by atoms with Gasteiger partial charge in [-0.2, -0.15) is 4.98 Å². The summed E-state index contributed by atoms with van der Waals surface area (Å²) in [6, 6.07) is 5.47. The second-order valence-electron chi connectivity index (χ2n) is 4.81. The van der Waals surface area contributed by atoms with Crippen molar-refractivity contribution in [1.82, 2.24) is 15.0 Å². The fourth-order valence-electron chi connectivity index (χ4n) is 1.97. The van der Waals surface area contributed by atoms with Crippen molar-refractivity contribution >= 4 is 0 Å². The topological polar surface area (TPSA) is 69.9 Å². The molecule has 1 aromatic carbocycles. The van der Waals surface area contributed by atoms with Crippen LogP contribution in [0.5, 0.6) is 11.5 Å². The molecule has 0 aliphatic heterocycles. The number of methoxy groups -OCH3 is 3. The van der Waals surface area contributed by atoms with Crippen LogP contribution in [0.25, 0.3) is 11.4 Å². The van der Waals surface area contributed by atoms with Gasteiger partial charge in [0, 0.05) is 19.7 Å². The molecule has 0 spiro atoms. The van der Waals surface area contributed by atoms with Gasteiger partial charge >= 0.3 is 0 Å². The third-order valence-electron chi connectivity index (χ3n) is 3.20. The minimum Gasteiger partial charge on any atom is -0.497 e. The summed E-state index contributed by atoms with van der Waals surface area (Å²) < 4.78 is 20.9. The molecule has 2 aromatic rings. The maximum atomic E-state index is 5.36. The predicted molar refractivity (Wildman–Crippen MR) is 81.0 cm³/mol. The summed E-state index contributed by atoms with van der Waals surface area (Å²) in [5.41, 5.74) is 0.762. The smallest absolute Gasteiger partial charge is 0.241 e. The first-order valence-electron chi connectivity index (χ1n) is 6.90. The quantitative estimate of drug-likeness (QED) is 0.737. The molecule has 7 heteroatoms. The van der Waals surface area contributed by atoms with E-state index in [-0.39, 0.29) is 0 Å². The van der Waals surface area contributed by atoms with E-state index < -0.39 is 0 Å². The molecule has 22 heavy (non-hydrogen) atoms. The average Bonchev–Trinajstić information content (AvgIpc) is 3.00. The van der Waals surface area contributed by atoms with E-state index in [1.807, 2.05) is 24.1 Å². The number of hydrogen-bond donors (Lipinski definition) is 0. The lowest BCUT2D eigenvalue weighted by molar-refractivity contribution is 0.152. The molecule has 0 aliphatic carbocycles. The lowest BCUT2D eigenvalue weighted by Crippen LogP contribution is -2.22. The molecule has 0 saturated carbocycles. The highest BCUT2D eigenvalue weighted by Gasteiger charge is 2.15. The van der Waals surface area contributed by atoms with Crippen molar-refractivity contribution in [2.45, 2.75) is 6.54 Å². The zero-order valence-corrected chi connectivity index (χ0v) is 13.3. The van der Waals surface area contributed by atoms with Gasteiger partial charge in [-0.1, -0.05) is 5.16 Å². The van der Waals surface area contributed by atoms with Crippen LogP contribution in [-0.4, -0.2) is 56.6 Å². The third-order valence-corrected chi connectivity index (χ3v) is 3.20. The molecule has 0 amide bonds. The van der Waals surface area contributed by atoms with Gasteiger partial charge in [0.05, 0.1) is 32.9 Å². The van der Waals surface area contributed by atoms with E-state index in [1.165, 1.54) is 0 Å². The zero-order chi connectivity index (χ0) is 15.9. The minimum absolute atomic E-state index is 0.495. The first-order valence-corrected chi connectivity index (χ1v) is 6.90.